The van der Waals surface area contributed by atoms with Crippen LogP contribution in [-0.4, -0.2) is 32.6 Å². The molecular formula is C18H18ClFN2O4. The minimum Gasteiger partial charge on any atom is -0.497 e. The van der Waals surface area contributed by atoms with Crippen molar-refractivity contribution in [2.24, 2.45) is 0 Å². The smallest absolute Gasteiger partial charge is 0.244 e. The lowest BCUT2D eigenvalue weighted by atomic mass is 10.2. The van der Waals surface area contributed by atoms with Crippen LogP contribution in [0.5, 0.6) is 11.5 Å². The molecule has 0 aliphatic rings. The van der Waals surface area contributed by atoms with Crippen molar-refractivity contribution in [1.29, 1.82) is 0 Å². The summed E-state index contributed by atoms with van der Waals surface area (Å²) >= 11 is 5.76. The first-order valence-corrected chi connectivity index (χ1v) is 7.98. The molecule has 0 heterocycles. The summed E-state index contributed by atoms with van der Waals surface area (Å²) in [5.74, 6) is -0.456. The number of nitrogens with zero attached hydrogens (tertiary/aromatic N) is 1. The molecule has 6 nitrogen and oxygen atoms in total. The molecule has 0 saturated heterocycles. The number of ether oxygens (including phenoxy) is 2. The maximum Gasteiger partial charge on any atom is 0.244 e. The molecule has 0 saturated carbocycles. The van der Waals surface area contributed by atoms with Crippen LogP contribution < -0.4 is 19.7 Å². The molecule has 0 unspecified atom stereocenters. The Bertz CT molecular complexity index is 829. The van der Waals surface area contributed by atoms with Crippen LogP contribution in [0.15, 0.2) is 36.4 Å². The van der Waals surface area contributed by atoms with Gasteiger partial charge in [-0.25, -0.2) is 4.39 Å². The zero-order valence-electron chi connectivity index (χ0n) is 14.5. The van der Waals surface area contributed by atoms with Gasteiger partial charge in [0.2, 0.25) is 11.8 Å². The zero-order chi connectivity index (χ0) is 19.3. The van der Waals surface area contributed by atoms with Gasteiger partial charge in [-0.15, -0.1) is 0 Å². The van der Waals surface area contributed by atoms with E-state index in [2.05, 4.69) is 5.32 Å². The molecule has 0 bridgehead atoms. The van der Waals surface area contributed by atoms with Crippen molar-refractivity contribution in [3.05, 3.63) is 47.2 Å². The quantitative estimate of drug-likeness (QED) is 0.833. The number of rotatable bonds is 6. The molecule has 2 amide bonds. The highest BCUT2D eigenvalue weighted by molar-refractivity contribution is 6.31. The fourth-order valence-corrected chi connectivity index (χ4v) is 2.45. The maximum atomic E-state index is 13.3. The molecule has 0 fully saturated rings. The Morgan fingerprint density at radius 3 is 2.46 bits per heavy atom. The van der Waals surface area contributed by atoms with Crippen molar-refractivity contribution in [2.75, 3.05) is 31.0 Å². The van der Waals surface area contributed by atoms with Crippen molar-refractivity contribution in [3.8, 4) is 11.5 Å². The number of hydrogen-bond donors (Lipinski definition) is 1. The molecule has 0 aliphatic carbocycles. The van der Waals surface area contributed by atoms with Gasteiger partial charge in [-0.05, 0) is 30.3 Å². The van der Waals surface area contributed by atoms with Crippen LogP contribution in [0.4, 0.5) is 15.8 Å². The molecule has 138 valence electrons. The van der Waals surface area contributed by atoms with E-state index in [0.717, 1.165) is 6.07 Å². The lowest BCUT2D eigenvalue weighted by molar-refractivity contribution is -0.120. The van der Waals surface area contributed by atoms with E-state index >= 15 is 0 Å². The summed E-state index contributed by atoms with van der Waals surface area (Å²) < 4.78 is 23.6. The van der Waals surface area contributed by atoms with Crippen molar-refractivity contribution >= 4 is 34.8 Å². The molecule has 0 radical (unpaired) electrons. The first-order chi connectivity index (χ1) is 12.3. The minimum absolute atomic E-state index is 0.133. The van der Waals surface area contributed by atoms with Gasteiger partial charge < -0.3 is 19.7 Å². The van der Waals surface area contributed by atoms with Gasteiger partial charge in [-0.1, -0.05) is 11.6 Å². The van der Waals surface area contributed by atoms with Crippen LogP contribution in [-0.2, 0) is 9.59 Å². The van der Waals surface area contributed by atoms with Crippen LogP contribution in [0.25, 0.3) is 0 Å². The highest BCUT2D eigenvalue weighted by Crippen LogP contribution is 2.29. The second-order valence-corrected chi connectivity index (χ2v) is 5.73. The van der Waals surface area contributed by atoms with Gasteiger partial charge in [0, 0.05) is 18.7 Å². The standard InChI is InChI=1S/C18H18ClFN2O4/c1-11(23)22(12-4-6-15(20)14(19)8-12)10-18(24)21-16-7-5-13(25-2)9-17(16)26-3/h4-9H,10H2,1-3H3,(H,21,24). The second kappa shape index (κ2) is 8.53. The fourth-order valence-electron chi connectivity index (χ4n) is 2.27. The van der Waals surface area contributed by atoms with Crippen molar-refractivity contribution in [1.82, 2.24) is 0 Å². The summed E-state index contributed by atoms with van der Waals surface area (Å²) in [5, 5.41) is 2.54. The second-order valence-electron chi connectivity index (χ2n) is 5.32. The van der Waals surface area contributed by atoms with E-state index in [1.165, 1.54) is 38.2 Å². The molecule has 2 aromatic carbocycles. The Hall–Kier alpha value is -2.80. The summed E-state index contributed by atoms with van der Waals surface area (Å²) in [5.41, 5.74) is 0.750. The van der Waals surface area contributed by atoms with E-state index in [4.69, 9.17) is 21.1 Å². The van der Waals surface area contributed by atoms with Crippen LogP contribution in [0, 0.1) is 5.82 Å². The SMILES string of the molecule is COc1ccc(NC(=O)CN(C(C)=O)c2ccc(F)c(Cl)c2)c(OC)c1. The zero-order valence-corrected chi connectivity index (χ0v) is 15.3. The molecule has 0 aromatic heterocycles. The largest absolute Gasteiger partial charge is 0.497 e. The van der Waals surface area contributed by atoms with Crippen LogP contribution in [0.1, 0.15) is 6.92 Å². The van der Waals surface area contributed by atoms with Gasteiger partial charge in [0.1, 0.15) is 23.9 Å². The van der Waals surface area contributed by atoms with Gasteiger partial charge in [0.15, 0.2) is 0 Å². The van der Waals surface area contributed by atoms with Gasteiger partial charge in [-0.2, -0.15) is 0 Å². The molecule has 26 heavy (non-hydrogen) atoms. The Morgan fingerprint density at radius 2 is 1.88 bits per heavy atom. The van der Waals surface area contributed by atoms with Crippen molar-refractivity contribution in [3.63, 3.8) is 0 Å². The predicted octanol–water partition coefficient (Wildman–Crippen LogP) is 3.49. The third kappa shape index (κ3) is 4.64. The number of carbonyl (C=O) groups is 2. The van der Waals surface area contributed by atoms with Gasteiger partial charge in [0.25, 0.3) is 0 Å². The van der Waals surface area contributed by atoms with E-state index in [0.29, 0.717) is 22.9 Å². The normalized spacial score (nSPS) is 10.2. The minimum atomic E-state index is -0.605. The Kier molecular flexibility index (Phi) is 6.41. The molecule has 0 atom stereocenters. The third-order valence-corrected chi connectivity index (χ3v) is 3.87. The number of carbonyl (C=O) groups excluding carboxylic acids is 2. The van der Waals surface area contributed by atoms with Crippen LogP contribution >= 0.6 is 11.6 Å². The topological polar surface area (TPSA) is 67.9 Å². The van der Waals surface area contributed by atoms with Crippen LogP contribution in [0.2, 0.25) is 5.02 Å². The number of benzene rings is 2. The van der Waals surface area contributed by atoms with E-state index < -0.39 is 11.7 Å². The molecule has 0 aliphatic heterocycles. The molecule has 2 aromatic rings. The van der Waals surface area contributed by atoms with Crippen molar-refractivity contribution in [2.45, 2.75) is 6.92 Å². The summed E-state index contributed by atoms with van der Waals surface area (Å²) in [6.07, 6.45) is 0. The Morgan fingerprint density at radius 1 is 1.15 bits per heavy atom. The number of anilines is 2. The average molecular weight is 381 g/mol. The highest BCUT2D eigenvalue weighted by atomic mass is 35.5. The van der Waals surface area contributed by atoms with Crippen molar-refractivity contribution < 1.29 is 23.5 Å². The molecular weight excluding hydrogens is 363 g/mol. The monoisotopic (exact) mass is 380 g/mol. The number of nitrogens with one attached hydrogen (secondary N) is 1. The lowest BCUT2D eigenvalue weighted by Crippen LogP contribution is -2.36. The number of halogens is 2. The third-order valence-electron chi connectivity index (χ3n) is 3.58. The summed E-state index contributed by atoms with van der Waals surface area (Å²) in [4.78, 5) is 25.5. The van der Waals surface area contributed by atoms with Gasteiger partial charge >= 0.3 is 0 Å². The van der Waals surface area contributed by atoms with Crippen LogP contribution in [0.3, 0.4) is 0 Å². The summed E-state index contributed by atoms with van der Waals surface area (Å²) in [6.45, 7) is 1.03. The molecule has 1 N–H and O–H groups in total. The first-order valence-electron chi connectivity index (χ1n) is 7.60. The molecule has 8 heteroatoms. The lowest BCUT2D eigenvalue weighted by Gasteiger charge is -2.21. The van der Waals surface area contributed by atoms with Gasteiger partial charge in [0.05, 0.1) is 24.9 Å². The number of hydrogen-bond acceptors (Lipinski definition) is 4. The molecule has 0 spiro atoms. The Balaban J connectivity index is 2.18. The van der Waals surface area contributed by atoms with E-state index in [9.17, 15) is 14.0 Å². The first kappa shape index (κ1) is 19.5. The van der Waals surface area contributed by atoms with E-state index in [1.807, 2.05) is 0 Å². The number of methoxy groups -OCH3 is 2. The maximum absolute atomic E-state index is 13.3. The highest BCUT2D eigenvalue weighted by Gasteiger charge is 2.18. The average Bonchev–Trinajstić information content (AvgIpc) is 2.62. The molecule has 2 rings (SSSR count). The fraction of sp³-hybridized carbons (Fsp3) is 0.222. The van der Waals surface area contributed by atoms with E-state index in [-0.39, 0.29) is 17.5 Å². The predicted molar refractivity (Wildman–Crippen MR) is 97.6 cm³/mol. The van der Waals surface area contributed by atoms with E-state index in [1.54, 1.807) is 18.2 Å². The summed E-state index contributed by atoms with van der Waals surface area (Å²) in [7, 11) is 2.98. The number of amides is 2. The summed E-state index contributed by atoms with van der Waals surface area (Å²) in [6, 6.07) is 8.72. The Labute approximate surface area is 155 Å². The van der Waals surface area contributed by atoms with Gasteiger partial charge in [-0.3, -0.25) is 9.59 Å².